The van der Waals surface area contributed by atoms with Crippen LogP contribution >= 0.6 is 11.6 Å². The van der Waals surface area contributed by atoms with E-state index in [1.165, 1.54) is 35.8 Å². The van der Waals surface area contributed by atoms with E-state index in [2.05, 4.69) is 38.8 Å². The molecule has 3 saturated heterocycles. The summed E-state index contributed by atoms with van der Waals surface area (Å²) in [7, 11) is 3.19. The molecule has 4 fully saturated rings. The van der Waals surface area contributed by atoms with E-state index < -0.39 is 35.1 Å². The Hall–Kier alpha value is -6.10. The number of ether oxygens (including phenoxy) is 2. The molecule has 4 aromatic carbocycles. The van der Waals surface area contributed by atoms with Gasteiger partial charge in [0.1, 0.15) is 11.6 Å². The lowest BCUT2D eigenvalue weighted by Gasteiger charge is -2.45. The first kappa shape index (κ1) is 46.6. The van der Waals surface area contributed by atoms with Crippen LogP contribution in [-0.4, -0.2) is 102 Å². The predicted molar refractivity (Wildman–Crippen MR) is 257 cm³/mol. The number of nitrogens with one attached hydrogen (secondary N) is 2. The average molecular weight is 964 g/mol. The average Bonchev–Trinajstić information content (AvgIpc) is 3.82. The Balaban J connectivity index is 0.733. The number of aromatic nitrogens is 2. The van der Waals surface area contributed by atoms with E-state index in [0.29, 0.717) is 36.3 Å². The molecule has 1 saturated carbocycles. The third kappa shape index (κ3) is 8.47. The number of benzene rings is 4. The third-order valence-corrected chi connectivity index (χ3v) is 15.9. The molecule has 5 aromatic rings. The fourth-order valence-corrected chi connectivity index (χ4v) is 11.9. The maximum absolute atomic E-state index is 16.2. The van der Waals surface area contributed by atoms with E-state index in [1.807, 2.05) is 53.9 Å². The number of aryl methyl sites for hydroxylation is 1. The number of amides is 5. The smallest absolute Gasteiger partial charge is 0.329 e. The molecule has 10 rings (SSSR count). The second kappa shape index (κ2) is 18.7. The summed E-state index contributed by atoms with van der Waals surface area (Å²) in [6.45, 7) is 7.10. The minimum Gasteiger partial charge on any atom is -0.494 e. The topological polar surface area (TPSA) is 164 Å². The molecule has 4 aliphatic heterocycles. The number of rotatable bonds is 12. The zero-order valence-corrected chi connectivity index (χ0v) is 39.8. The number of hydrogen-bond acceptors (Lipinski definition) is 9. The van der Waals surface area contributed by atoms with Crippen molar-refractivity contribution in [3.8, 4) is 22.6 Å². The molecule has 0 bridgehead atoms. The first-order valence-corrected chi connectivity index (χ1v) is 24.4. The quantitative estimate of drug-likeness (QED) is 0.114. The Labute approximate surface area is 404 Å². The van der Waals surface area contributed by atoms with Gasteiger partial charge in [-0.1, -0.05) is 54.9 Å². The van der Waals surface area contributed by atoms with Gasteiger partial charge >= 0.3 is 6.03 Å². The largest absolute Gasteiger partial charge is 0.494 e. The molecule has 5 amide bonds. The van der Waals surface area contributed by atoms with E-state index >= 15 is 8.78 Å². The highest BCUT2D eigenvalue weighted by Gasteiger charge is 2.50. The number of primary amides is 1. The van der Waals surface area contributed by atoms with Gasteiger partial charge in [0.15, 0.2) is 23.0 Å². The Morgan fingerprint density at radius 1 is 0.971 bits per heavy atom. The number of carbonyl (C=O) groups is 4. The van der Waals surface area contributed by atoms with Crippen molar-refractivity contribution in [3.63, 3.8) is 0 Å². The van der Waals surface area contributed by atoms with Gasteiger partial charge in [0.05, 0.1) is 23.2 Å². The minimum atomic E-state index is -1.07. The van der Waals surface area contributed by atoms with E-state index in [0.717, 1.165) is 87.7 Å². The summed E-state index contributed by atoms with van der Waals surface area (Å²) < 4.78 is 45.8. The highest BCUT2D eigenvalue weighted by Crippen LogP contribution is 2.56. The van der Waals surface area contributed by atoms with Gasteiger partial charge in [-0.05, 0) is 92.9 Å². The molecular weight excluding hydrogens is 906 g/mol. The zero-order chi connectivity index (χ0) is 48.3. The zero-order valence-electron chi connectivity index (χ0n) is 39.0. The van der Waals surface area contributed by atoms with Crippen molar-refractivity contribution in [1.29, 1.82) is 0 Å². The lowest BCUT2D eigenvalue weighted by Crippen LogP contribution is -2.56. The van der Waals surface area contributed by atoms with Crippen molar-refractivity contribution in [2.45, 2.75) is 75.3 Å². The van der Waals surface area contributed by atoms with Crippen LogP contribution in [0.15, 0.2) is 66.7 Å². The molecule has 0 unspecified atom stereocenters. The lowest BCUT2D eigenvalue weighted by atomic mass is 9.77. The van der Waals surface area contributed by atoms with Gasteiger partial charge in [0, 0.05) is 98.1 Å². The molecular formula is C52H57ClF2N8O6. The number of hydrogen-bond donors (Lipinski definition) is 3. The Bertz CT molecular complexity index is 2840. The number of halogens is 3. The predicted octanol–water partition coefficient (Wildman–Crippen LogP) is 7.60. The minimum absolute atomic E-state index is 0.00127. The Morgan fingerprint density at radius 2 is 1.71 bits per heavy atom. The number of imide groups is 1. The van der Waals surface area contributed by atoms with Crippen LogP contribution in [0.3, 0.4) is 0 Å². The van der Waals surface area contributed by atoms with Gasteiger partial charge < -0.3 is 30.3 Å². The molecule has 1 aliphatic carbocycles. The Morgan fingerprint density at radius 3 is 2.41 bits per heavy atom. The summed E-state index contributed by atoms with van der Waals surface area (Å²) in [5.41, 5.74) is 7.78. The highest BCUT2D eigenvalue weighted by atomic mass is 35.5. The van der Waals surface area contributed by atoms with Crippen molar-refractivity contribution in [3.05, 3.63) is 106 Å². The maximum Gasteiger partial charge on any atom is 0.329 e. The fourth-order valence-electron chi connectivity index (χ4n) is 11.6. The van der Waals surface area contributed by atoms with E-state index in [4.69, 9.17) is 26.8 Å². The lowest BCUT2D eigenvalue weighted by molar-refractivity contribution is -0.143. The normalized spacial score (nSPS) is 23.4. The molecule has 17 heteroatoms. The molecule has 0 radical (unpaired) electrons. The molecule has 362 valence electrons. The summed E-state index contributed by atoms with van der Waals surface area (Å²) in [4.78, 5) is 56.8. The van der Waals surface area contributed by atoms with Crippen LogP contribution in [0.2, 0.25) is 5.02 Å². The number of urea groups is 1. The van der Waals surface area contributed by atoms with E-state index in [-0.39, 0.29) is 63.4 Å². The molecule has 5 heterocycles. The molecule has 69 heavy (non-hydrogen) atoms. The second-order valence-electron chi connectivity index (χ2n) is 19.5. The van der Waals surface area contributed by atoms with Gasteiger partial charge in [-0.3, -0.25) is 29.3 Å². The van der Waals surface area contributed by atoms with Crippen molar-refractivity contribution in [2.75, 3.05) is 57.8 Å². The standard InChI is InChI=1S/C52H57ClF2N8O6/c1-29-43-41(24-38(54)46(53)45(43)44-37(48(56)65)15-16-40(68-3)47(44)55)69-52(29,34-7-5-4-6-8-34)28-57-35-12-9-32(10-13-35)50(66)62-26-30(27-62)25-61-20-17-31(18-21-61)33-11-14-36-39(23-33)60(2)59-49(36)63-22-19-42(64)58-51(63)67/h4-8,11,14-16,23-24,29-32,35,57H,9-10,12-13,17-22,25-28H2,1-3H3,(H2,56,65)(H,58,64,67)/t29-,32?,35?,52-/m0/s1. The van der Waals surface area contributed by atoms with Gasteiger partial charge in [-0.15, -0.1) is 0 Å². The van der Waals surface area contributed by atoms with Gasteiger partial charge in [0.25, 0.3) is 0 Å². The van der Waals surface area contributed by atoms with Crippen LogP contribution in [0, 0.1) is 23.5 Å². The van der Waals surface area contributed by atoms with Crippen LogP contribution in [0.4, 0.5) is 19.4 Å². The Kier molecular flexibility index (Phi) is 12.6. The summed E-state index contributed by atoms with van der Waals surface area (Å²) in [5, 5.41) is 11.3. The highest BCUT2D eigenvalue weighted by molar-refractivity contribution is 6.34. The van der Waals surface area contributed by atoms with E-state index in [1.54, 1.807) is 0 Å². The molecule has 1 aromatic heterocycles. The van der Waals surface area contributed by atoms with Crippen molar-refractivity contribution in [2.24, 2.45) is 24.6 Å². The van der Waals surface area contributed by atoms with Crippen LogP contribution in [0.5, 0.6) is 11.5 Å². The maximum atomic E-state index is 16.2. The summed E-state index contributed by atoms with van der Waals surface area (Å²) in [5.74, 6) is -1.70. The van der Waals surface area contributed by atoms with Crippen molar-refractivity contribution in [1.82, 2.24) is 30.2 Å². The molecule has 14 nitrogen and oxygen atoms in total. The number of methoxy groups -OCH3 is 1. The fraction of sp³-hybridized carbons (Fsp3) is 0.442. The SMILES string of the molecule is COc1ccc(C(N)=O)c(-c2c(Cl)c(F)cc3c2[C@H](C)[C@@](CNC2CCC(C(=O)N4CC(CN5CCC(c6ccc7c(N8CCC(=O)NC8=O)nn(C)c7c6)CC5)C4)CC2)(c2ccccc2)O3)c1F. The summed E-state index contributed by atoms with van der Waals surface area (Å²) >= 11 is 6.70. The number of piperidine rings is 1. The first-order valence-electron chi connectivity index (χ1n) is 24.0. The van der Waals surface area contributed by atoms with Crippen LogP contribution < -0.4 is 30.7 Å². The number of likely N-dealkylation sites (tertiary alicyclic amines) is 2. The summed E-state index contributed by atoms with van der Waals surface area (Å²) in [6, 6.07) is 19.5. The number of nitrogens with two attached hydrogens (primary N) is 1. The number of carbonyl (C=O) groups excluding carboxylic acids is 4. The van der Waals surface area contributed by atoms with Gasteiger partial charge in [-0.25, -0.2) is 13.6 Å². The van der Waals surface area contributed by atoms with Gasteiger partial charge in [0.2, 0.25) is 17.7 Å². The third-order valence-electron chi connectivity index (χ3n) is 15.5. The monoisotopic (exact) mass is 962 g/mol. The molecule has 2 atom stereocenters. The van der Waals surface area contributed by atoms with E-state index in [9.17, 15) is 19.2 Å². The first-order chi connectivity index (χ1) is 33.2. The van der Waals surface area contributed by atoms with Gasteiger partial charge in [-0.2, -0.15) is 5.10 Å². The number of nitrogens with zero attached hydrogens (tertiary/aromatic N) is 5. The van der Waals surface area contributed by atoms with Crippen LogP contribution in [0.25, 0.3) is 22.0 Å². The molecule has 4 N–H and O–H groups in total. The van der Waals surface area contributed by atoms with Crippen LogP contribution in [0.1, 0.15) is 90.8 Å². The molecule has 5 aliphatic rings. The summed E-state index contributed by atoms with van der Waals surface area (Å²) in [6.07, 6.45) is 5.44. The number of anilines is 1. The van der Waals surface area contributed by atoms with Crippen molar-refractivity contribution < 1.29 is 37.4 Å². The second-order valence-corrected chi connectivity index (χ2v) is 19.9. The molecule has 0 spiro atoms. The van der Waals surface area contributed by atoms with Crippen molar-refractivity contribution >= 4 is 52.1 Å². The number of fused-ring (bicyclic) bond motifs is 2. The van der Waals surface area contributed by atoms with Crippen LogP contribution in [-0.2, 0) is 22.2 Å².